The van der Waals surface area contributed by atoms with Crippen LogP contribution >= 0.6 is 0 Å². The van der Waals surface area contributed by atoms with Gasteiger partial charge in [0.05, 0.1) is 11.6 Å². The Bertz CT molecular complexity index is 956. The van der Waals surface area contributed by atoms with Crippen LogP contribution in [0.1, 0.15) is 37.9 Å². The Morgan fingerprint density at radius 2 is 1.78 bits per heavy atom. The maximum atomic E-state index is 13.8. The van der Waals surface area contributed by atoms with Gasteiger partial charge >= 0.3 is 0 Å². The molecule has 1 atom stereocenters. The lowest BCUT2D eigenvalue weighted by molar-refractivity contribution is -0.123. The largest absolute Gasteiger partial charge is 0.503 e. The maximum absolute atomic E-state index is 13.8. The minimum absolute atomic E-state index is 0.0473. The molecule has 140 valence electrons. The first-order valence-corrected chi connectivity index (χ1v) is 8.75. The summed E-state index contributed by atoms with van der Waals surface area (Å²) < 4.78 is 13.8. The molecule has 1 N–H and O–H groups in total. The molecule has 0 radical (unpaired) electrons. The maximum Gasteiger partial charge on any atom is 0.294 e. The zero-order chi connectivity index (χ0) is 19.9. The summed E-state index contributed by atoms with van der Waals surface area (Å²) >= 11 is 0. The SMILES string of the molecule is Cc1ccccc1C1C(C(=O)C(C)(C)C)=C(O)C(=O)N1c1cccc(F)c1. The third kappa shape index (κ3) is 3.25. The van der Waals surface area contributed by atoms with Crippen molar-refractivity contribution >= 4 is 17.4 Å². The Hall–Kier alpha value is -2.95. The standard InChI is InChI=1S/C22H22FNO3/c1-13-8-5-6-11-16(13)18-17(20(26)22(2,3)4)19(25)21(27)24(18)15-10-7-9-14(23)12-15/h5-12,18,25H,1-4H3. The molecule has 2 aromatic rings. The van der Waals surface area contributed by atoms with Crippen molar-refractivity contribution in [3.8, 4) is 0 Å². The van der Waals surface area contributed by atoms with Crippen molar-refractivity contribution in [3.05, 3.63) is 76.8 Å². The van der Waals surface area contributed by atoms with Gasteiger partial charge in [-0.3, -0.25) is 14.5 Å². The number of halogens is 1. The van der Waals surface area contributed by atoms with Crippen molar-refractivity contribution in [1.82, 2.24) is 0 Å². The predicted molar refractivity (Wildman–Crippen MR) is 102 cm³/mol. The van der Waals surface area contributed by atoms with E-state index >= 15 is 0 Å². The first-order chi connectivity index (χ1) is 12.6. The number of amides is 1. The van der Waals surface area contributed by atoms with E-state index in [0.29, 0.717) is 5.56 Å². The second kappa shape index (κ2) is 6.65. The number of aryl methyl sites for hydroxylation is 1. The number of aliphatic hydroxyl groups is 1. The van der Waals surface area contributed by atoms with E-state index in [4.69, 9.17) is 0 Å². The van der Waals surface area contributed by atoms with Gasteiger partial charge in [-0.25, -0.2) is 4.39 Å². The summed E-state index contributed by atoms with van der Waals surface area (Å²) in [5.41, 5.74) is 1.13. The number of Topliss-reactive ketones (excluding diaryl/α,β-unsaturated/α-hetero) is 1. The number of anilines is 1. The highest BCUT2D eigenvalue weighted by Crippen LogP contribution is 2.44. The van der Waals surface area contributed by atoms with Crippen LogP contribution in [0.15, 0.2) is 59.9 Å². The molecule has 5 heteroatoms. The summed E-state index contributed by atoms with van der Waals surface area (Å²) in [5.74, 6) is -2.10. The molecule has 1 aliphatic rings. The number of carbonyl (C=O) groups is 2. The zero-order valence-corrected chi connectivity index (χ0v) is 15.8. The van der Waals surface area contributed by atoms with Crippen LogP contribution in [0.2, 0.25) is 0 Å². The molecule has 1 heterocycles. The second-order valence-electron chi connectivity index (χ2n) is 7.76. The van der Waals surface area contributed by atoms with Crippen molar-refractivity contribution in [1.29, 1.82) is 0 Å². The molecule has 0 spiro atoms. The molecule has 1 amide bonds. The van der Waals surface area contributed by atoms with Crippen molar-refractivity contribution in [2.45, 2.75) is 33.7 Å². The molecule has 2 aromatic carbocycles. The number of aliphatic hydroxyl groups excluding tert-OH is 1. The number of rotatable bonds is 3. The minimum atomic E-state index is -0.813. The Kier molecular flexibility index (Phi) is 4.64. The number of hydrogen-bond acceptors (Lipinski definition) is 3. The third-order valence-corrected chi connectivity index (χ3v) is 4.70. The first kappa shape index (κ1) is 18.8. The summed E-state index contributed by atoms with van der Waals surface area (Å²) in [7, 11) is 0. The van der Waals surface area contributed by atoms with Crippen LogP contribution in [0.3, 0.4) is 0 Å². The molecule has 4 nitrogen and oxygen atoms in total. The summed E-state index contributed by atoms with van der Waals surface area (Å²) in [5, 5.41) is 10.6. The van der Waals surface area contributed by atoms with Gasteiger partial charge in [0.25, 0.3) is 5.91 Å². The van der Waals surface area contributed by atoms with Crippen LogP contribution in [0.4, 0.5) is 10.1 Å². The minimum Gasteiger partial charge on any atom is -0.503 e. The average molecular weight is 367 g/mol. The second-order valence-corrected chi connectivity index (χ2v) is 7.76. The molecule has 1 unspecified atom stereocenters. The van der Waals surface area contributed by atoms with E-state index in [1.54, 1.807) is 26.8 Å². The van der Waals surface area contributed by atoms with Crippen LogP contribution in [0, 0.1) is 18.2 Å². The lowest BCUT2D eigenvalue weighted by atomic mass is 9.81. The van der Waals surface area contributed by atoms with Crippen molar-refractivity contribution in [3.63, 3.8) is 0 Å². The fourth-order valence-corrected chi connectivity index (χ4v) is 3.32. The highest BCUT2D eigenvalue weighted by atomic mass is 19.1. The number of ketones is 1. The zero-order valence-electron chi connectivity index (χ0n) is 15.8. The van der Waals surface area contributed by atoms with E-state index in [9.17, 15) is 19.1 Å². The quantitative estimate of drug-likeness (QED) is 0.859. The smallest absolute Gasteiger partial charge is 0.294 e. The number of carbonyl (C=O) groups excluding carboxylic acids is 2. The molecule has 1 aliphatic heterocycles. The Balaban J connectivity index is 2.25. The van der Waals surface area contributed by atoms with Gasteiger partial charge in [0.2, 0.25) is 0 Å². The first-order valence-electron chi connectivity index (χ1n) is 8.75. The number of nitrogens with zero attached hydrogens (tertiary/aromatic N) is 1. The van der Waals surface area contributed by atoms with E-state index < -0.39 is 28.9 Å². The molecular formula is C22H22FNO3. The topological polar surface area (TPSA) is 57.6 Å². The van der Waals surface area contributed by atoms with Crippen LogP contribution in [-0.4, -0.2) is 16.8 Å². The van der Waals surface area contributed by atoms with E-state index in [2.05, 4.69) is 0 Å². The fourth-order valence-electron chi connectivity index (χ4n) is 3.32. The molecule has 0 fully saturated rings. The Labute approximate surface area is 157 Å². The molecular weight excluding hydrogens is 345 g/mol. The molecule has 0 bridgehead atoms. The fraction of sp³-hybridized carbons (Fsp3) is 0.273. The Morgan fingerprint density at radius 1 is 1.11 bits per heavy atom. The van der Waals surface area contributed by atoms with Crippen LogP contribution < -0.4 is 4.90 Å². The molecule has 0 saturated heterocycles. The number of hydrogen-bond donors (Lipinski definition) is 1. The highest BCUT2D eigenvalue weighted by molar-refractivity contribution is 6.17. The number of benzene rings is 2. The van der Waals surface area contributed by atoms with Gasteiger partial charge in [0.1, 0.15) is 5.82 Å². The van der Waals surface area contributed by atoms with E-state index in [0.717, 1.165) is 5.56 Å². The third-order valence-electron chi connectivity index (χ3n) is 4.70. The molecule has 0 saturated carbocycles. The van der Waals surface area contributed by atoms with E-state index in [-0.39, 0.29) is 17.0 Å². The monoisotopic (exact) mass is 367 g/mol. The van der Waals surface area contributed by atoms with Crippen molar-refractivity contribution in [2.24, 2.45) is 5.41 Å². The van der Waals surface area contributed by atoms with Gasteiger partial charge in [-0.15, -0.1) is 0 Å². The molecule has 0 aromatic heterocycles. The van der Waals surface area contributed by atoms with Gasteiger partial charge < -0.3 is 5.11 Å². The van der Waals surface area contributed by atoms with Gasteiger partial charge in [-0.1, -0.05) is 51.1 Å². The van der Waals surface area contributed by atoms with Crippen molar-refractivity contribution in [2.75, 3.05) is 4.90 Å². The lowest BCUT2D eigenvalue weighted by Crippen LogP contribution is -2.33. The average Bonchev–Trinajstić information content (AvgIpc) is 2.85. The normalized spacial score (nSPS) is 17.6. The highest BCUT2D eigenvalue weighted by Gasteiger charge is 2.47. The summed E-state index contributed by atoms with van der Waals surface area (Å²) in [6.45, 7) is 7.08. The van der Waals surface area contributed by atoms with Gasteiger partial charge in [0.15, 0.2) is 11.5 Å². The van der Waals surface area contributed by atoms with Crippen LogP contribution in [-0.2, 0) is 9.59 Å². The van der Waals surface area contributed by atoms with Gasteiger partial charge in [-0.2, -0.15) is 0 Å². The van der Waals surface area contributed by atoms with Crippen molar-refractivity contribution < 1.29 is 19.1 Å². The van der Waals surface area contributed by atoms with Crippen LogP contribution in [0.25, 0.3) is 0 Å². The van der Waals surface area contributed by atoms with E-state index in [1.165, 1.54) is 23.1 Å². The summed E-state index contributed by atoms with van der Waals surface area (Å²) in [4.78, 5) is 27.3. The van der Waals surface area contributed by atoms with E-state index in [1.807, 2.05) is 31.2 Å². The van der Waals surface area contributed by atoms with Gasteiger partial charge in [0, 0.05) is 11.1 Å². The molecule has 0 aliphatic carbocycles. The molecule has 27 heavy (non-hydrogen) atoms. The Morgan fingerprint density at radius 3 is 2.37 bits per heavy atom. The predicted octanol–water partition coefficient (Wildman–Crippen LogP) is 4.65. The van der Waals surface area contributed by atoms with Crippen LogP contribution in [0.5, 0.6) is 0 Å². The summed E-state index contributed by atoms with van der Waals surface area (Å²) in [6.07, 6.45) is 0. The lowest BCUT2D eigenvalue weighted by Gasteiger charge is -2.29. The summed E-state index contributed by atoms with van der Waals surface area (Å²) in [6, 6.07) is 12.1. The van der Waals surface area contributed by atoms with Gasteiger partial charge in [-0.05, 0) is 36.2 Å². The molecule has 3 rings (SSSR count).